The average Bonchev–Trinajstić information content (AvgIpc) is 3.17. The van der Waals surface area contributed by atoms with E-state index >= 15 is 0 Å². The maximum absolute atomic E-state index is 13.2. The molecule has 2 aromatic rings. The van der Waals surface area contributed by atoms with E-state index in [0.717, 1.165) is 56.1 Å². The average molecular weight is 445 g/mol. The van der Waals surface area contributed by atoms with Gasteiger partial charge >= 0.3 is 6.03 Å². The lowest BCUT2D eigenvalue weighted by molar-refractivity contribution is 0.0568. The molecule has 0 bridgehead atoms. The molecule has 2 aliphatic heterocycles. The number of halogens is 1. The number of nitrogens with zero attached hydrogens (tertiary/aromatic N) is 2. The molecule has 7 nitrogen and oxygen atoms in total. The number of amides is 3. The number of furan rings is 1. The highest BCUT2D eigenvalue weighted by Crippen LogP contribution is 2.49. The molecule has 0 atom stereocenters. The van der Waals surface area contributed by atoms with Gasteiger partial charge in [0.25, 0.3) is 5.91 Å². The second kappa shape index (κ2) is 7.71. The molecule has 0 radical (unpaired) electrons. The largest absolute Gasteiger partial charge is 0.450 e. The van der Waals surface area contributed by atoms with Gasteiger partial charge in [0.05, 0.1) is 16.2 Å². The fourth-order valence-electron chi connectivity index (χ4n) is 5.39. The monoisotopic (exact) mass is 444 g/mol. The van der Waals surface area contributed by atoms with Crippen LogP contribution in [0.4, 0.5) is 10.5 Å². The summed E-state index contributed by atoms with van der Waals surface area (Å²) in [5.74, 6) is 0.246. The van der Waals surface area contributed by atoms with Crippen LogP contribution in [0, 0.1) is 0 Å². The number of carbonyl (C=O) groups excluding carboxylic acids is 2. The van der Waals surface area contributed by atoms with Gasteiger partial charge in [-0.2, -0.15) is 0 Å². The second-order valence-electron chi connectivity index (χ2n) is 9.28. The Hall–Kier alpha value is -2.25. The first-order valence-electron chi connectivity index (χ1n) is 11.3. The fourth-order valence-corrected chi connectivity index (χ4v) is 5.65. The number of nitrogens with one attached hydrogen (secondary N) is 2. The van der Waals surface area contributed by atoms with Crippen LogP contribution in [-0.4, -0.2) is 54.0 Å². The van der Waals surface area contributed by atoms with Gasteiger partial charge in [-0.3, -0.25) is 9.69 Å². The third-order valence-corrected chi connectivity index (χ3v) is 7.38. The molecule has 1 aromatic carbocycles. The number of urea groups is 1. The van der Waals surface area contributed by atoms with Crippen LogP contribution < -0.4 is 10.6 Å². The minimum absolute atomic E-state index is 0.0880. The number of hydrogen-bond acceptors (Lipinski definition) is 4. The van der Waals surface area contributed by atoms with Crippen molar-refractivity contribution in [2.24, 2.45) is 0 Å². The van der Waals surface area contributed by atoms with Crippen molar-refractivity contribution in [2.75, 3.05) is 31.5 Å². The van der Waals surface area contributed by atoms with Gasteiger partial charge in [-0.05, 0) is 38.8 Å². The Morgan fingerprint density at radius 2 is 1.84 bits per heavy atom. The molecule has 0 unspecified atom stereocenters. The normalized spacial score (nSPS) is 21.3. The van der Waals surface area contributed by atoms with Crippen LogP contribution in [0.1, 0.15) is 62.1 Å². The topological polar surface area (TPSA) is 77.8 Å². The summed E-state index contributed by atoms with van der Waals surface area (Å²) in [6.45, 7) is 7.46. The minimum atomic E-state index is -0.500. The van der Waals surface area contributed by atoms with Gasteiger partial charge < -0.3 is 20.0 Å². The maximum atomic E-state index is 13.2. The lowest BCUT2D eigenvalue weighted by atomic mass is 9.74. The molecule has 3 aliphatic rings. The predicted octanol–water partition coefficient (Wildman–Crippen LogP) is 4.55. The zero-order chi connectivity index (χ0) is 21.8. The molecule has 3 amide bonds. The van der Waals surface area contributed by atoms with Crippen LogP contribution in [0.2, 0.25) is 5.02 Å². The van der Waals surface area contributed by atoms with Crippen LogP contribution in [0.25, 0.3) is 11.0 Å². The van der Waals surface area contributed by atoms with Gasteiger partial charge in [0.15, 0.2) is 5.76 Å². The molecule has 1 aromatic heterocycles. The number of rotatable bonds is 2. The summed E-state index contributed by atoms with van der Waals surface area (Å²) in [5.41, 5.74) is 1.65. The van der Waals surface area contributed by atoms with E-state index in [1.807, 2.05) is 4.90 Å². The molecule has 3 heterocycles. The second-order valence-corrected chi connectivity index (χ2v) is 9.69. The van der Waals surface area contributed by atoms with E-state index in [-0.39, 0.29) is 11.9 Å². The number of hydrogen-bond donors (Lipinski definition) is 2. The maximum Gasteiger partial charge on any atom is 0.319 e. The van der Waals surface area contributed by atoms with Crippen molar-refractivity contribution in [3.05, 3.63) is 28.5 Å². The molecule has 1 aliphatic carbocycles. The van der Waals surface area contributed by atoms with E-state index in [1.165, 1.54) is 0 Å². The van der Waals surface area contributed by atoms with Crippen molar-refractivity contribution < 1.29 is 14.0 Å². The van der Waals surface area contributed by atoms with Gasteiger partial charge in [0, 0.05) is 43.2 Å². The van der Waals surface area contributed by atoms with Crippen LogP contribution in [0.15, 0.2) is 16.5 Å². The van der Waals surface area contributed by atoms with Crippen molar-refractivity contribution in [1.82, 2.24) is 15.1 Å². The standard InChI is InChI=1S/C23H29ClN4O3/c1-14(2)27-8-10-28(11-9-27)21(29)17-13-15-12-16(24)19-18(20(15)31-17)23(26-22(30)25-19)6-4-3-5-7-23/h12-14H,3-11H2,1-2H3,(H2,25,26,30). The minimum Gasteiger partial charge on any atom is -0.450 e. The predicted molar refractivity (Wildman–Crippen MR) is 121 cm³/mol. The molecule has 1 saturated heterocycles. The molecule has 5 rings (SSSR count). The van der Waals surface area contributed by atoms with Crippen LogP contribution >= 0.6 is 11.6 Å². The van der Waals surface area contributed by atoms with Gasteiger partial charge in [0.2, 0.25) is 0 Å². The first-order valence-corrected chi connectivity index (χ1v) is 11.6. The SMILES string of the molecule is CC(C)N1CCN(C(=O)c2cc3cc(Cl)c4c(c3o2)C2(CCCCC2)NC(=O)N4)CC1. The van der Waals surface area contributed by atoms with Crippen LogP contribution in [0.5, 0.6) is 0 Å². The molecule has 1 spiro atoms. The summed E-state index contributed by atoms with van der Waals surface area (Å²) in [7, 11) is 0. The summed E-state index contributed by atoms with van der Waals surface area (Å²) in [6, 6.07) is 3.83. The van der Waals surface area contributed by atoms with Gasteiger partial charge in [0.1, 0.15) is 5.58 Å². The zero-order valence-corrected chi connectivity index (χ0v) is 18.8. The van der Waals surface area contributed by atoms with Crippen molar-refractivity contribution in [1.29, 1.82) is 0 Å². The number of fused-ring (bicyclic) bond motifs is 4. The summed E-state index contributed by atoms with van der Waals surface area (Å²) in [4.78, 5) is 29.9. The third-order valence-electron chi connectivity index (χ3n) is 7.08. The van der Waals surface area contributed by atoms with Crippen LogP contribution in [0.3, 0.4) is 0 Å². The van der Waals surface area contributed by atoms with E-state index in [2.05, 4.69) is 29.4 Å². The molecule has 1 saturated carbocycles. The van der Waals surface area contributed by atoms with Crippen LogP contribution in [-0.2, 0) is 5.54 Å². The molecule has 31 heavy (non-hydrogen) atoms. The first-order chi connectivity index (χ1) is 14.9. The van der Waals surface area contributed by atoms with E-state index in [1.54, 1.807) is 12.1 Å². The van der Waals surface area contributed by atoms with Crippen molar-refractivity contribution >= 4 is 40.2 Å². The van der Waals surface area contributed by atoms with E-state index in [0.29, 0.717) is 41.2 Å². The van der Waals surface area contributed by atoms with Crippen molar-refractivity contribution in [3.8, 4) is 0 Å². The summed E-state index contributed by atoms with van der Waals surface area (Å²) < 4.78 is 6.22. The number of piperazine rings is 1. The highest BCUT2D eigenvalue weighted by atomic mass is 35.5. The molecular formula is C23H29ClN4O3. The Kier molecular flexibility index (Phi) is 5.13. The summed E-state index contributed by atoms with van der Waals surface area (Å²) in [5, 5.41) is 7.30. The number of carbonyl (C=O) groups is 2. The van der Waals surface area contributed by atoms with E-state index in [4.69, 9.17) is 16.0 Å². The lowest BCUT2D eigenvalue weighted by Crippen LogP contribution is -2.52. The zero-order valence-electron chi connectivity index (χ0n) is 18.1. The third kappa shape index (κ3) is 3.48. The molecule has 166 valence electrons. The molecular weight excluding hydrogens is 416 g/mol. The Morgan fingerprint density at radius 1 is 1.13 bits per heavy atom. The highest BCUT2D eigenvalue weighted by Gasteiger charge is 2.44. The quantitative estimate of drug-likeness (QED) is 0.712. The Bertz CT molecular complexity index is 1030. The summed E-state index contributed by atoms with van der Waals surface area (Å²) >= 11 is 6.59. The molecule has 8 heteroatoms. The van der Waals surface area contributed by atoms with Gasteiger partial charge in [-0.15, -0.1) is 0 Å². The van der Waals surface area contributed by atoms with E-state index in [9.17, 15) is 9.59 Å². The van der Waals surface area contributed by atoms with Crippen molar-refractivity contribution in [3.63, 3.8) is 0 Å². The Morgan fingerprint density at radius 3 is 2.52 bits per heavy atom. The number of anilines is 1. The Balaban J connectivity index is 1.53. The first kappa shape index (κ1) is 20.6. The fraction of sp³-hybridized carbons (Fsp3) is 0.565. The van der Waals surface area contributed by atoms with Crippen molar-refractivity contribution in [2.45, 2.75) is 57.5 Å². The lowest BCUT2D eigenvalue weighted by Gasteiger charge is -2.42. The smallest absolute Gasteiger partial charge is 0.319 e. The highest BCUT2D eigenvalue weighted by molar-refractivity contribution is 6.35. The summed E-state index contributed by atoms with van der Waals surface area (Å²) in [6.07, 6.45) is 4.88. The van der Waals surface area contributed by atoms with Gasteiger partial charge in [-0.1, -0.05) is 30.9 Å². The Labute approximate surface area is 187 Å². The molecule has 2 fully saturated rings. The number of benzene rings is 1. The van der Waals surface area contributed by atoms with E-state index < -0.39 is 5.54 Å². The molecule has 2 N–H and O–H groups in total. The van der Waals surface area contributed by atoms with Gasteiger partial charge in [-0.25, -0.2) is 4.79 Å².